The number of fused-ring (bicyclic) bond motifs is 1. The van der Waals surface area contributed by atoms with Crippen molar-refractivity contribution >= 4 is 11.5 Å². The van der Waals surface area contributed by atoms with E-state index in [1.165, 1.54) is 11.1 Å². The van der Waals surface area contributed by atoms with Crippen LogP contribution in [0.5, 0.6) is 0 Å². The van der Waals surface area contributed by atoms with E-state index in [2.05, 4.69) is 17.1 Å². The van der Waals surface area contributed by atoms with Crippen LogP contribution in [0.25, 0.3) is 0 Å². The van der Waals surface area contributed by atoms with Gasteiger partial charge in [-0.2, -0.15) is 0 Å². The molecule has 0 saturated heterocycles. The molecule has 0 spiro atoms. The number of ketones is 1. The van der Waals surface area contributed by atoms with Crippen LogP contribution >= 0.6 is 0 Å². The summed E-state index contributed by atoms with van der Waals surface area (Å²) in [6, 6.07) is 9.96. The first-order chi connectivity index (χ1) is 9.25. The second-order valence-corrected chi connectivity index (χ2v) is 5.01. The highest BCUT2D eigenvalue weighted by molar-refractivity contribution is 5.89. The van der Waals surface area contributed by atoms with Crippen LogP contribution < -0.4 is 5.73 Å². The number of Topliss-reactive ketones (excluding diaryl/α,β-unsaturated/α-hetero) is 1. The molecule has 2 aromatic rings. The van der Waals surface area contributed by atoms with Crippen molar-refractivity contribution in [2.75, 3.05) is 5.73 Å². The summed E-state index contributed by atoms with van der Waals surface area (Å²) in [5, 5.41) is 0. The van der Waals surface area contributed by atoms with E-state index < -0.39 is 0 Å². The molecule has 0 saturated carbocycles. The number of aryl methyl sites for hydroxylation is 1. The fourth-order valence-electron chi connectivity index (χ4n) is 2.79. The number of hydrogen-bond donors (Lipinski definition) is 1. The molecule has 0 bridgehead atoms. The molecule has 1 heterocycles. The minimum Gasteiger partial charge on any atom is -0.398 e. The molecule has 0 aliphatic heterocycles. The van der Waals surface area contributed by atoms with E-state index in [-0.39, 0.29) is 11.7 Å². The molecule has 1 unspecified atom stereocenters. The first kappa shape index (κ1) is 11.9. The maximum Gasteiger partial charge on any atom is 0.144 e. The zero-order valence-electron chi connectivity index (χ0n) is 10.7. The van der Waals surface area contributed by atoms with Crippen LogP contribution in [0.15, 0.2) is 42.7 Å². The van der Waals surface area contributed by atoms with E-state index in [1.54, 1.807) is 18.5 Å². The molecule has 96 valence electrons. The monoisotopic (exact) mass is 252 g/mol. The van der Waals surface area contributed by atoms with Gasteiger partial charge in [0.2, 0.25) is 0 Å². The van der Waals surface area contributed by atoms with Crippen molar-refractivity contribution in [3.63, 3.8) is 0 Å². The number of carbonyl (C=O) groups excluding carboxylic acids is 1. The third kappa shape index (κ3) is 2.24. The summed E-state index contributed by atoms with van der Waals surface area (Å²) in [6.07, 6.45) is 5.62. The fourth-order valence-corrected chi connectivity index (χ4v) is 2.79. The zero-order valence-corrected chi connectivity index (χ0v) is 10.7. The molecule has 0 amide bonds. The second-order valence-electron chi connectivity index (χ2n) is 5.01. The maximum absolute atomic E-state index is 12.4. The smallest absolute Gasteiger partial charge is 0.144 e. The first-order valence-corrected chi connectivity index (χ1v) is 6.54. The summed E-state index contributed by atoms with van der Waals surface area (Å²) in [7, 11) is 0. The Morgan fingerprint density at radius 1 is 1.32 bits per heavy atom. The van der Waals surface area contributed by atoms with Gasteiger partial charge in [0.1, 0.15) is 5.78 Å². The number of anilines is 1. The Hall–Kier alpha value is -2.16. The van der Waals surface area contributed by atoms with Crippen molar-refractivity contribution in [1.29, 1.82) is 0 Å². The molecule has 0 radical (unpaired) electrons. The summed E-state index contributed by atoms with van der Waals surface area (Å²) in [6.45, 7) is 0. The molecule has 3 rings (SSSR count). The minimum atomic E-state index is 0.0239. The highest BCUT2D eigenvalue weighted by Crippen LogP contribution is 2.34. The molecule has 3 heteroatoms. The number of carbonyl (C=O) groups is 1. The van der Waals surface area contributed by atoms with Crippen LogP contribution in [-0.2, 0) is 17.6 Å². The van der Waals surface area contributed by atoms with E-state index in [0.717, 1.165) is 18.4 Å². The number of nitrogens with two attached hydrogens (primary N) is 1. The van der Waals surface area contributed by atoms with Gasteiger partial charge in [0.05, 0.1) is 0 Å². The molecule has 1 aliphatic rings. The van der Waals surface area contributed by atoms with Crippen LogP contribution in [0.4, 0.5) is 5.69 Å². The topological polar surface area (TPSA) is 56.0 Å². The van der Waals surface area contributed by atoms with Gasteiger partial charge in [-0.15, -0.1) is 0 Å². The normalized spacial score (nSPS) is 17.2. The molecule has 1 atom stereocenters. The summed E-state index contributed by atoms with van der Waals surface area (Å²) in [5.74, 6) is 0.264. The van der Waals surface area contributed by atoms with E-state index in [1.807, 2.05) is 12.1 Å². The predicted octanol–water partition coefficient (Wildman–Crippen LogP) is 2.51. The van der Waals surface area contributed by atoms with Gasteiger partial charge in [0, 0.05) is 36.0 Å². The van der Waals surface area contributed by atoms with Crippen molar-refractivity contribution in [2.24, 2.45) is 0 Å². The van der Waals surface area contributed by atoms with Gasteiger partial charge < -0.3 is 5.73 Å². The van der Waals surface area contributed by atoms with E-state index in [9.17, 15) is 4.79 Å². The molecule has 19 heavy (non-hydrogen) atoms. The third-order valence-electron chi connectivity index (χ3n) is 3.83. The summed E-state index contributed by atoms with van der Waals surface area (Å²) in [4.78, 5) is 16.5. The number of rotatable bonds is 3. The van der Waals surface area contributed by atoms with Crippen molar-refractivity contribution in [3.05, 3.63) is 59.4 Å². The fraction of sp³-hybridized carbons (Fsp3) is 0.250. The van der Waals surface area contributed by atoms with Crippen LogP contribution in [0.2, 0.25) is 0 Å². The maximum atomic E-state index is 12.4. The van der Waals surface area contributed by atoms with Gasteiger partial charge in [-0.1, -0.05) is 24.3 Å². The van der Waals surface area contributed by atoms with Crippen molar-refractivity contribution < 1.29 is 4.79 Å². The Balaban J connectivity index is 1.81. The Morgan fingerprint density at radius 2 is 2.16 bits per heavy atom. The quantitative estimate of drug-likeness (QED) is 0.913. The lowest BCUT2D eigenvalue weighted by Crippen LogP contribution is -2.13. The average molecular weight is 252 g/mol. The number of nitrogen functional groups attached to an aromatic ring is 1. The summed E-state index contributed by atoms with van der Waals surface area (Å²) >= 11 is 0. The number of aromatic nitrogens is 1. The molecular formula is C16H16N2O. The number of benzene rings is 1. The van der Waals surface area contributed by atoms with Crippen LogP contribution in [-0.4, -0.2) is 10.8 Å². The van der Waals surface area contributed by atoms with E-state index >= 15 is 0 Å². The van der Waals surface area contributed by atoms with Crippen LogP contribution in [0.3, 0.4) is 0 Å². The standard InChI is InChI=1S/C16H16N2O/c17-15-7-8-18-10-12(15)9-16(19)14-6-5-11-3-1-2-4-13(11)14/h1-4,7-8,10,14H,5-6,9H2,(H2,17,18). The number of pyridine rings is 1. The van der Waals surface area contributed by atoms with Crippen LogP contribution in [0, 0.1) is 0 Å². The van der Waals surface area contributed by atoms with Crippen molar-refractivity contribution in [1.82, 2.24) is 4.98 Å². The predicted molar refractivity (Wildman–Crippen MR) is 74.9 cm³/mol. The molecular weight excluding hydrogens is 236 g/mol. The van der Waals surface area contributed by atoms with Crippen molar-refractivity contribution in [3.8, 4) is 0 Å². The van der Waals surface area contributed by atoms with Crippen LogP contribution in [0.1, 0.15) is 29.0 Å². The Bertz CT molecular complexity index is 622. The van der Waals surface area contributed by atoms with Crippen molar-refractivity contribution in [2.45, 2.75) is 25.2 Å². The van der Waals surface area contributed by atoms with E-state index in [0.29, 0.717) is 12.1 Å². The average Bonchev–Trinajstić information content (AvgIpc) is 2.85. The van der Waals surface area contributed by atoms with Gasteiger partial charge >= 0.3 is 0 Å². The van der Waals surface area contributed by atoms with Gasteiger partial charge in [0.25, 0.3) is 0 Å². The summed E-state index contributed by atoms with van der Waals surface area (Å²) < 4.78 is 0. The number of hydrogen-bond acceptors (Lipinski definition) is 3. The molecule has 3 nitrogen and oxygen atoms in total. The zero-order chi connectivity index (χ0) is 13.2. The Labute approximate surface area is 112 Å². The Kier molecular flexibility index (Phi) is 3.03. The lowest BCUT2D eigenvalue weighted by Gasteiger charge is -2.11. The highest BCUT2D eigenvalue weighted by atomic mass is 16.1. The Morgan fingerprint density at radius 3 is 3.00 bits per heavy atom. The molecule has 1 aromatic heterocycles. The van der Waals surface area contributed by atoms with Gasteiger partial charge in [-0.3, -0.25) is 9.78 Å². The minimum absolute atomic E-state index is 0.0239. The summed E-state index contributed by atoms with van der Waals surface area (Å²) in [5.41, 5.74) is 9.84. The first-order valence-electron chi connectivity index (χ1n) is 6.54. The van der Waals surface area contributed by atoms with Gasteiger partial charge in [-0.25, -0.2) is 0 Å². The molecule has 2 N–H and O–H groups in total. The molecule has 1 aromatic carbocycles. The lowest BCUT2D eigenvalue weighted by atomic mass is 9.93. The van der Waals surface area contributed by atoms with Gasteiger partial charge in [-0.05, 0) is 30.0 Å². The lowest BCUT2D eigenvalue weighted by molar-refractivity contribution is -0.119. The SMILES string of the molecule is Nc1ccncc1CC(=O)C1CCc2ccccc21. The largest absolute Gasteiger partial charge is 0.398 e. The van der Waals surface area contributed by atoms with Gasteiger partial charge in [0.15, 0.2) is 0 Å². The van der Waals surface area contributed by atoms with E-state index in [4.69, 9.17) is 5.73 Å². The highest BCUT2D eigenvalue weighted by Gasteiger charge is 2.28. The number of nitrogens with zero attached hydrogens (tertiary/aromatic N) is 1. The third-order valence-corrected chi connectivity index (χ3v) is 3.83. The molecule has 1 aliphatic carbocycles. The molecule has 0 fully saturated rings. The second kappa shape index (κ2) is 4.84.